The monoisotopic (exact) mass is 664 g/mol. The second-order valence-electron chi connectivity index (χ2n) is 16.3. The first-order valence-electron chi connectivity index (χ1n) is 18.6. The fraction of sp³-hybridized carbons (Fsp3) is 0.763. The van der Waals surface area contributed by atoms with Gasteiger partial charge in [-0.05, 0) is 74.0 Å². The number of rotatable bonds is 16. The molecular formula is C38H56N4O6. The van der Waals surface area contributed by atoms with Crippen LogP contribution in [0, 0.1) is 40.9 Å². The first-order valence-corrected chi connectivity index (χ1v) is 18.6. The van der Waals surface area contributed by atoms with E-state index in [4.69, 9.17) is 0 Å². The molecule has 0 radical (unpaired) electrons. The zero-order chi connectivity index (χ0) is 34.6. The topological polar surface area (TPSA) is 146 Å². The van der Waals surface area contributed by atoms with Crippen molar-refractivity contribution < 1.29 is 28.8 Å². The molecule has 1 aromatic rings. The molecule has 2 heterocycles. The summed E-state index contributed by atoms with van der Waals surface area (Å²) in [6.45, 7) is 8.13. The van der Waals surface area contributed by atoms with E-state index in [0.717, 1.165) is 64.2 Å². The molecule has 3 aliphatic carbocycles. The minimum Gasteiger partial charge on any atom is -0.344 e. The van der Waals surface area contributed by atoms with Gasteiger partial charge in [0.25, 0.3) is 0 Å². The van der Waals surface area contributed by atoms with Crippen LogP contribution < -0.4 is 5.32 Å². The first kappa shape index (κ1) is 36.1. The molecule has 0 bridgehead atoms. The zero-order valence-electron chi connectivity index (χ0n) is 29.4. The van der Waals surface area contributed by atoms with Crippen LogP contribution in [0.1, 0.15) is 135 Å². The first-order chi connectivity index (χ1) is 22.9. The SMILES string of the molecule is CCC[C@H](CC(=O)[C@@H]1[C@H]2CCCC2CN1C(=O)[C@@H](NC(=O)[C@@H](CC(=O)c1ncc[nH]1)C1CCCCC1)C(C)(C)C)C(=O)C(=O)CC1CC1. The van der Waals surface area contributed by atoms with Crippen molar-refractivity contribution in [3.63, 3.8) is 0 Å². The minimum atomic E-state index is -0.905. The molecule has 4 fully saturated rings. The number of carbonyl (C=O) groups excluding carboxylic acids is 6. The third-order valence-corrected chi connectivity index (χ3v) is 11.5. The predicted octanol–water partition coefficient (Wildman–Crippen LogP) is 5.65. The van der Waals surface area contributed by atoms with E-state index in [9.17, 15) is 28.8 Å². The van der Waals surface area contributed by atoms with Crippen LogP contribution in [0.3, 0.4) is 0 Å². The van der Waals surface area contributed by atoms with E-state index in [2.05, 4.69) is 15.3 Å². The molecule has 1 aliphatic heterocycles. The lowest BCUT2D eigenvalue weighted by Gasteiger charge is -2.38. The van der Waals surface area contributed by atoms with Crippen LogP contribution in [0.2, 0.25) is 0 Å². The summed E-state index contributed by atoms with van der Waals surface area (Å²) in [4.78, 5) is 90.8. The number of nitrogens with zero attached hydrogens (tertiary/aromatic N) is 2. The summed E-state index contributed by atoms with van der Waals surface area (Å²) >= 11 is 0. The number of aromatic nitrogens is 2. The summed E-state index contributed by atoms with van der Waals surface area (Å²) < 4.78 is 0. The fourth-order valence-corrected chi connectivity index (χ4v) is 8.68. The maximum Gasteiger partial charge on any atom is 0.246 e. The summed E-state index contributed by atoms with van der Waals surface area (Å²) in [6.07, 6.45) is 14.0. The Kier molecular flexibility index (Phi) is 11.7. The van der Waals surface area contributed by atoms with E-state index in [1.807, 2.05) is 27.7 Å². The van der Waals surface area contributed by atoms with Gasteiger partial charge in [0.2, 0.25) is 17.6 Å². The fourth-order valence-electron chi connectivity index (χ4n) is 8.68. The Hall–Kier alpha value is -3.17. The number of aromatic amines is 1. The van der Waals surface area contributed by atoms with Crippen molar-refractivity contribution in [2.75, 3.05) is 6.54 Å². The highest BCUT2D eigenvalue weighted by molar-refractivity contribution is 6.38. The lowest BCUT2D eigenvalue weighted by atomic mass is 9.76. The van der Waals surface area contributed by atoms with Gasteiger partial charge in [0.1, 0.15) is 6.04 Å². The van der Waals surface area contributed by atoms with Gasteiger partial charge < -0.3 is 15.2 Å². The third kappa shape index (κ3) is 8.51. The Labute approximate surface area is 285 Å². The molecule has 1 unspecified atom stereocenters. The average molecular weight is 665 g/mol. The van der Waals surface area contributed by atoms with Crippen LogP contribution in [-0.2, 0) is 24.0 Å². The number of carbonyl (C=O) groups is 6. The van der Waals surface area contributed by atoms with Crippen molar-refractivity contribution in [3.05, 3.63) is 18.2 Å². The van der Waals surface area contributed by atoms with Gasteiger partial charge in [-0.25, -0.2) is 4.98 Å². The molecule has 2 N–H and O–H groups in total. The van der Waals surface area contributed by atoms with Gasteiger partial charge in [0, 0.05) is 50.0 Å². The van der Waals surface area contributed by atoms with Crippen LogP contribution in [-0.4, -0.2) is 68.4 Å². The molecule has 264 valence electrons. The Morgan fingerprint density at radius 2 is 1.69 bits per heavy atom. The number of ketones is 4. The van der Waals surface area contributed by atoms with Crippen LogP contribution in [0.5, 0.6) is 0 Å². The van der Waals surface area contributed by atoms with E-state index in [1.54, 1.807) is 11.1 Å². The summed E-state index contributed by atoms with van der Waals surface area (Å²) in [6, 6.07) is -1.58. The van der Waals surface area contributed by atoms with Crippen LogP contribution in [0.4, 0.5) is 0 Å². The molecule has 4 aliphatic rings. The number of Topliss-reactive ketones (excluding diaryl/α,β-unsaturated/α-hetero) is 4. The zero-order valence-corrected chi connectivity index (χ0v) is 29.4. The summed E-state index contributed by atoms with van der Waals surface area (Å²) in [5.41, 5.74) is -0.671. The highest BCUT2D eigenvalue weighted by atomic mass is 16.2. The summed E-state index contributed by atoms with van der Waals surface area (Å²) in [5.74, 6) is -2.26. The number of nitrogens with one attached hydrogen (secondary N) is 2. The van der Waals surface area contributed by atoms with E-state index in [0.29, 0.717) is 25.3 Å². The normalized spacial score (nSPS) is 24.8. The molecule has 2 amide bonds. The second kappa shape index (κ2) is 15.6. The van der Waals surface area contributed by atoms with Crippen molar-refractivity contribution >= 4 is 34.9 Å². The van der Waals surface area contributed by atoms with Crippen molar-refractivity contribution in [1.29, 1.82) is 0 Å². The van der Waals surface area contributed by atoms with E-state index in [-0.39, 0.29) is 72.0 Å². The Bertz CT molecular complexity index is 1340. The molecule has 1 aromatic heterocycles. The van der Waals surface area contributed by atoms with Crippen LogP contribution >= 0.6 is 0 Å². The third-order valence-electron chi connectivity index (χ3n) is 11.5. The predicted molar refractivity (Wildman–Crippen MR) is 181 cm³/mol. The Morgan fingerprint density at radius 3 is 2.31 bits per heavy atom. The van der Waals surface area contributed by atoms with Crippen LogP contribution in [0.25, 0.3) is 0 Å². The standard InChI is InChI=1S/C38H56N4O6/c1-5-10-25(33(46)30(44)19-23-15-16-23)20-29(43)32-27-14-9-13-26(27)22-42(32)37(48)34(38(2,3)4)41-36(47)28(24-11-7-6-8-12-24)21-31(45)35-39-17-18-40-35/h17-18,23-28,32,34H,5-16,19-22H2,1-4H3,(H,39,40)(H,41,47)/t25-,26?,27+,28+,32+,34-/m1/s1. The minimum absolute atomic E-state index is 0.0103. The molecule has 6 atom stereocenters. The van der Waals surface area contributed by atoms with E-state index in [1.165, 1.54) is 6.20 Å². The highest BCUT2D eigenvalue weighted by Gasteiger charge is 2.52. The van der Waals surface area contributed by atoms with E-state index < -0.39 is 35.1 Å². The van der Waals surface area contributed by atoms with Gasteiger partial charge in [-0.3, -0.25) is 28.8 Å². The molecule has 10 nitrogen and oxygen atoms in total. The largest absolute Gasteiger partial charge is 0.344 e. The molecule has 0 spiro atoms. The molecule has 3 saturated carbocycles. The Balaban J connectivity index is 1.35. The van der Waals surface area contributed by atoms with Gasteiger partial charge in [-0.1, -0.05) is 59.8 Å². The number of H-pyrrole nitrogens is 1. The molecule has 10 heteroatoms. The van der Waals surface area contributed by atoms with Gasteiger partial charge in [0.05, 0.1) is 6.04 Å². The lowest BCUT2D eigenvalue weighted by Crippen LogP contribution is -2.58. The van der Waals surface area contributed by atoms with Crippen molar-refractivity contribution in [3.8, 4) is 0 Å². The van der Waals surface area contributed by atoms with Crippen LogP contribution in [0.15, 0.2) is 12.4 Å². The molecule has 1 saturated heterocycles. The van der Waals surface area contributed by atoms with Crippen molar-refractivity contribution in [2.45, 2.75) is 136 Å². The number of imidazole rings is 1. The average Bonchev–Trinajstić information content (AvgIpc) is 3.40. The van der Waals surface area contributed by atoms with E-state index >= 15 is 0 Å². The summed E-state index contributed by atoms with van der Waals surface area (Å²) in [7, 11) is 0. The van der Waals surface area contributed by atoms with Gasteiger partial charge >= 0.3 is 0 Å². The Morgan fingerprint density at radius 1 is 0.958 bits per heavy atom. The number of likely N-dealkylation sites (tertiary alicyclic amines) is 1. The maximum absolute atomic E-state index is 14.6. The van der Waals surface area contributed by atoms with Gasteiger partial charge in [-0.15, -0.1) is 0 Å². The smallest absolute Gasteiger partial charge is 0.246 e. The lowest BCUT2D eigenvalue weighted by molar-refractivity contribution is -0.146. The van der Waals surface area contributed by atoms with Gasteiger partial charge in [0.15, 0.2) is 23.2 Å². The molecule has 48 heavy (non-hydrogen) atoms. The molecule has 5 rings (SSSR count). The number of fused-ring (bicyclic) bond motifs is 1. The van der Waals surface area contributed by atoms with Crippen molar-refractivity contribution in [1.82, 2.24) is 20.2 Å². The highest BCUT2D eigenvalue weighted by Crippen LogP contribution is 2.44. The van der Waals surface area contributed by atoms with Gasteiger partial charge in [-0.2, -0.15) is 0 Å². The quantitative estimate of drug-likeness (QED) is 0.172. The van der Waals surface area contributed by atoms with Crippen molar-refractivity contribution in [2.24, 2.45) is 40.9 Å². The number of hydrogen-bond donors (Lipinski definition) is 2. The molecule has 0 aromatic carbocycles. The number of amides is 2. The summed E-state index contributed by atoms with van der Waals surface area (Å²) in [5, 5.41) is 3.10. The molecular weight excluding hydrogens is 608 g/mol. The number of hydrogen-bond acceptors (Lipinski definition) is 7. The second-order valence-corrected chi connectivity index (χ2v) is 16.3. The maximum atomic E-state index is 14.6.